The number of hydrogen-bond acceptors (Lipinski definition) is 1. The van der Waals surface area contributed by atoms with Crippen molar-refractivity contribution in [2.75, 3.05) is 0 Å². The van der Waals surface area contributed by atoms with E-state index < -0.39 is 5.97 Å². The molecule has 2 aromatic carbocycles. The van der Waals surface area contributed by atoms with Crippen LogP contribution in [0.3, 0.4) is 0 Å². The van der Waals surface area contributed by atoms with Gasteiger partial charge in [0.25, 0.3) is 0 Å². The average Bonchev–Trinajstić information content (AvgIpc) is 2.88. The van der Waals surface area contributed by atoms with Crippen LogP contribution in [0.4, 0.5) is 0 Å². The topological polar surface area (TPSA) is 37.3 Å². The van der Waals surface area contributed by atoms with Gasteiger partial charge in [0.1, 0.15) is 0 Å². The molecule has 0 heterocycles. The third-order valence-corrected chi connectivity index (χ3v) is 7.84. The summed E-state index contributed by atoms with van der Waals surface area (Å²) in [4.78, 5) is 12.2. The summed E-state index contributed by atoms with van der Waals surface area (Å²) >= 11 is 0. The highest BCUT2D eigenvalue weighted by Crippen LogP contribution is 2.32. The summed E-state index contributed by atoms with van der Waals surface area (Å²) in [5.41, 5.74) is 5.03. The highest BCUT2D eigenvalue weighted by Gasteiger charge is 2.20. The van der Waals surface area contributed by atoms with Crippen molar-refractivity contribution in [3.63, 3.8) is 0 Å². The lowest BCUT2D eigenvalue weighted by molar-refractivity contribution is 0.0695. The summed E-state index contributed by atoms with van der Waals surface area (Å²) < 4.78 is 0. The molecule has 0 saturated heterocycles. The zero-order chi connectivity index (χ0) is 26.0. The van der Waals surface area contributed by atoms with Gasteiger partial charge in [-0.15, -0.1) is 0 Å². The van der Waals surface area contributed by atoms with Crippen molar-refractivity contribution >= 4 is 5.97 Å². The molecule has 0 fully saturated rings. The monoisotopic (exact) mass is 492 g/mol. The number of unbranched alkanes of at least 4 members (excludes halogenated alkanes) is 12. The van der Waals surface area contributed by atoms with Crippen LogP contribution in [0.1, 0.15) is 138 Å². The third kappa shape index (κ3) is 10.9. The summed E-state index contributed by atoms with van der Waals surface area (Å²) in [5.74, 6) is -0.225. The molecule has 0 spiro atoms. The average molecular weight is 493 g/mol. The number of rotatable bonds is 20. The molecule has 0 saturated carbocycles. The van der Waals surface area contributed by atoms with Gasteiger partial charge in [0.05, 0.1) is 5.56 Å². The fraction of sp³-hybridized carbons (Fsp3) is 0.618. The molecule has 1 unspecified atom stereocenters. The highest BCUT2D eigenvalue weighted by molar-refractivity contribution is 5.91. The van der Waals surface area contributed by atoms with Gasteiger partial charge in [-0.2, -0.15) is 0 Å². The lowest BCUT2D eigenvalue weighted by Crippen LogP contribution is -2.12. The fourth-order valence-corrected chi connectivity index (χ4v) is 5.57. The molecule has 0 radical (unpaired) electrons. The number of aromatic carboxylic acids is 1. The van der Waals surface area contributed by atoms with Gasteiger partial charge in [-0.05, 0) is 47.6 Å². The normalized spacial score (nSPS) is 12.1. The van der Waals surface area contributed by atoms with Crippen LogP contribution in [0.25, 0.3) is 11.1 Å². The first-order valence-corrected chi connectivity index (χ1v) is 15.0. The summed E-state index contributed by atoms with van der Waals surface area (Å²) in [6.45, 7) is 6.67. The predicted octanol–water partition coefficient (Wildman–Crippen LogP) is 10.8. The third-order valence-electron chi connectivity index (χ3n) is 7.84. The van der Waals surface area contributed by atoms with Crippen molar-refractivity contribution in [2.45, 2.75) is 130 Å². The molecule has 2 heteroatoms. The molecule has 2 rings (SSSR count). The molecule has 1 atom stereocenters. The Morgan fingerprint density at radius 3 is 1.69 bits per heavy atom. The van der Waals surface area contributed by atoms with Gasteiger partial charge in [0.2, 0.25) is 0 Å². The van der Waals surface area contributed by atoms with E-state index in [0.29, 0.717) is 11.5 Å². The maximum Gasteiger partial charge on any atom is 0.335 e. The minimum Gasteiger partial charge on any atom is -0.478 e. The standard InChI is InChI=1S/C34H52O2/c1-4-6-8-10-12-13-15-18-22-29(21-17-14-11-9-7-5-2)27-33-28(3)31(25-26-32(33)34(35)36)30-23-19-16-20-24-30/h16,19-20,23-26,29H,4-15,17-18,21-22,27H2,1-3H3,(H,35,36). The Labute approximate surface area is 221 Å². The van der Waals surface area contributed by atoms with Crippen LogP contribution in [0.5, 0.6) is 0 Å². The molecule has 36 heavy (non-hydrogen) atoms. The number of hydrogen-bond donors (Lipinski definition) is 1. The maximum absolute atomic E-state index is 12.2. The van der Waals surface area contributed by atoms with E-state index in [-0.39, 0.29) is 0 Å². The second-order valence-electron chi connectivity index (χ2n) is 10.8. The first-order valence-electron chi connectivity index (χ1n) is 15.0. The van der Waals surface area contributed by atoms with Gasteiger partial charge >= 0.3 is 5.97 Å². The molecule has 200 valence electrons. The van der Waals surface area contributed by atoms with E-state index in [9.17, 15) is 9.90 Å². The van der Waals surface area contributed by atoms with Crippen LogP contribution in [-0.4, -0.2) is 11.1 Å². The lowest BCUT2D eigenvalue weighted by Gasteiger charge is -2.21. The van der Waals surface area contributed by atoms with Crippen molar-refractivity contribution in [1.82, 2.24) is 0 Å². The number of benzene rings is 2. The van der Waals surface area contributed by atoms with Crippen LogP contribution in [-0.2, 0) is 6.42 Å². The van der Waals surface area contributed by atoms with E-state index in [1.807, 2.05) is 18.2 Å². The molecule has 0 aliphatic heterocycles. The zero-order valence-corrected chi connectivity index (χ0v) is 23.5. The Morgan fingerprint density at radius 2 is 1.19 bits per heavy atom. The number of carboxylic acid groups (broad SMARTS) is 1. The van der Waals surface area contributed by atoms with E-state index in [1.165, 1.54) is 114 Å². The molecular formula is C34H52O2. The van der Waals surface area contributed by atoms with E-state index in [4.69, 9.17) is 0 Å². The molecule has 0 aromatic heterocycles. The maximum atomic E-state index is 12.2. The largest absolute Gasteiger partial charge is 0.478 e. The Kier molecular flexibility index (Phi) is 15.2. The van der Waals surface area contributed by atoms with E-state index in [0.717, 1.165) is 17.5 Å². The Morgan fingerprint density at radius 1 is 0.694 bits per heavy atom. The molecule has 2 aromatic rings. The smallest absolute Gasteiger partial charge is 0.335 e. The molecule has 0 amide bonds. The van der Waals surface area contributed by atoms with Crippen LogP contribution >= 0.6 is 0 Å². The molecule has 2 nitrogen and oxygen atoms in total. The van der Waals surface area contributed by atoms with Crippen molar-refractivity contribution in [2.24, 2.45) is 5.92 Å². The minimum absolute atomic E-state index is 0.496. The SMILES string of the molecule is CCCCCCCCCCC(CCCCCCCC)Cc1c(C(=O)O)ccc(-c2ccccc2)c1C. The predicted molar refractivity (Wildman–Crippen MR) is 156 cm³/mol. The van der Waals surface area contributed by atoms with E-state index in [1.54, 1.807) is 0 Å². The summed E-state index contributed by atoms with van der Waals surface area (Å²) in [6.07, 6.45) is 21.9. The molecular weight excluding hydrogens is 440 g/mol. The van der Waals surface area contributed by atoms with Crippen molar-refractivity contribution in [3.05, 3.63) is 59.2 Å². The van der Waals surface area contributed by atoms with Gasteiger partial charge in [0, 0.05) is 0 Å². The molecule has 0 aliphatic rings. The van der Waals surface area contributed by atoms with Crippen LogP contribution in [0.15, 0.2) is 42.5 Å². The van der Waals surface area contributed by atoms with Gasteiger partial charge in [0.15, 0.2) is 0 Å². The van der Waals surface area contributed by atoms with Crippen molar-refractivity contribution < 1.29 is 9.90 Å². The lowest BCUT2D eigenvalue weighted by atomic mass is 9.83. The van der Waals surface area contributed by atoms with Crippen LogP contribution in [0, 0.1) is 12.8 Å². The Bertz CT molecular complexity index is 855. The summed E-state index contributed by atoms with van der Waals surface area (Å²) in [7, 11) is 0. The highest BCUT2D eigenvalue weighted by atomic mass is 16.4. The Balaban J connectivity index is 2.08. The number of carbonyl (C=O) groups is 1. The zero-order valence-electron chi connectivity index (χ0n) is 23.5. The van der Waals surface area contributed by atoms with E-state index in [2.05, 4.69) is 45.0 Å². The van der Waals surface area contributed by atoms with Crippen molar-refractivity contribution in [1.29, 1.82) is 0 Å². The Hall–Kier alpha value is -2.09. The quantitative estimate of drug-likeness (QED) is 0.187. The van der Waals surface area contributed by atoms with Crippen molar-refractivity contribution in [3.8, 4) is 11.1 Å². The van der Waals surface area contributed by atoms with Gasteiger partial charge in [-0.25, -0.2) is 4.79 Å². The van der Waals surface area contributed by atoms with Crippen LogP contribution in [0.2, 0.25) is 0 Å². The fourth-order valence-electron chi connectivity index (χ4n) is 5.57. The number of carboxylic acids is 1. The first-order chi connectivity index (χ1) is 17.6. The second-order valence-corrected chi connectivity index (χ2v) is 10.8. The first kappa shape index (κ1) is 30.1. The van der Waals surface area contributed by atoms with Gasteiger partial charge < -0.3 is 5.11 Å². The summed E-state index contributed by atoms with van der Waals surface area (Å²) in [5, 5.41) is 10.00. The molecule has 1 N–H and O–H groups in total. The van der Waals surface area contributed by atoms with E-state index >= 15 is 0 Å². The summed E-state index contributed by atoms with van der Waals surface area (Å²) in [6, 6.07) is 14.2. The second kappa shape index (κ2) is 18.2. The molecule has 0 bridgehead atoms. The minimum atomic E-state index is -0.793. The van der Waals surface area contributed by atoms with Gasteiger partial charge in [-0.1, -0.05) is 153 Å². The van der Waals surface area contributed by atoms with Gasteiger partial charge in [-0.3, -0.25) is 0 Å². The van der Waals surface area contributed by atoms with Crippen LogP contribution < -0.4 is 0 Å². The molecule has 0 aliphatic carbocycles.